The van der Waals surface area contributed by atoms with Crippen molar-refractivity contribution < 1.29 is 14.0 Å². The van der Waals surface area contributed by atoms with Crippen LogP contribution < -0.4 is 0 Å². The van der Waals surface area contributed by atoms with E-state index in [2.05, 4.69) is 27.0 Å². The van der Waals surface area contributed by atoms with Crippen LogP contribution in [0.25, 0.3) is 10.9 Å². The summed E-state index contributed by atoms with van der Waals surface area (Å²) < 4.78 is 15.1. The number of hydrogen-bond donors (Lipinski definition) is 1. The highest BCUT2D eigenvalue weighted by atomic mass is 79.9. The molecule has 0 spiro atoms. The highest BCUT2D eigenvalue weighted by Crippen LogP contribution is 2.42. The molecule has 7 heteroatoms. The third kappa shape index (κ3) is 3.74. The summed E-state index contributed by atoms with van der Waals surface area (Å²) in [4.78, 5) is 34.2. The molecule has 1 saturated heterocycles. The molecule has 3 aromatic carbocycles. The number of aromatic nitrogens is 1. The van der Waals surface area contributed by atoms with Gasteiger partial charge in [0.25, 0.3) is 0 Å². The summed E-state index contributed by atoms with van der Waals surface area (Å²) in [5, 5.41) is 1.07. The van der Waals surface area contributed by atoms with Crippen molar-refractivity contribution in [2.45, 2.75) is 24.9 Å². The number of carbonyl (C=O) groups excluding carboxylic acids is 2. The normalized spacial score (nSPS) is 19.7. The average Bonchev–Trinajstić information content (AvgIpc) is 3.23. The van der Waals surface area contributed by atoms with E-state index in [0.717, 1.165) is 32.2 Å². The Labute approximate surface area is 210 Å². The van der Waals surface area contributed by atoms with Crippen LogP contribution in [0.5, 0.6) is 0 Å². The number of H-pyrrole nitrogens is 1. The summed E-state index contributed by atoms with van der Waals surface area (Å²) in [7, 11) is 0. The lowest BCUT2D eigenvalue weighted by Gasteiger charge is -2.47. The molecule has 3 heterocycles. The molecule has 176 valence electrons. The number of aromatic amines is 1. The van der Waals surface area contributed by atoms with Crippen molar-refractivity contribution in [3.63, 3.8) is 0 Å². The van der Waals surface area contributed by atoms with Gasteiger partial charge in [0.15, 0.2) is 0 Å². The van der Waals surface area contributed by atoms with Crippen molar-refractivity contribution in [2.24, 2.45) is 0 Å². The van der Waals surface area contributed by atoms with Gasteiger partial charge in [-0.2, -0.15) is 0 Å². The van der Waals surface area contributed by atoms with E-state index in [4.69, 9.17) is 0 Å². The second-order valence-electron chi connectivity index (χ2n) is 9.14. The number of carbonyl (C=O) groups is 2. The van der Waals surface area contributed by atoms with E-state index in [1.54, 1.807) is 28.0 Å². The maximum Gasteiger partial charge on any atom is 0.246 e. The van der Waals surface area contributed by atoms with Crippen LogP contribution in [-0.4, -0.2) is 45.7 Å². The van der Waals surface area contributed by atoms with Crippen LogP contribution >= 0.6 is 15.9 Å². The van der Waals surface area contributed by atoms with Gasteiger partial charge in [0, 0.05) is 34.0 Å². The second kappa shape index (κ2) is 8.64. The van der Waals surface area contributed by atoms with Crippen LogP contribution in [0.15, 0.2) is 77.3 Å². The summed E-state index contributed by atoms with van der Waals surface area (Å²) in [6, 6.07) is 21.5. The van der Waals surface area contributed by atoms with Gasteiger partial charge in [-0.25, -0.2) is 4.39 Å². The molecule has 1 aromatic heterocycles. The first-order valence-electron chi connectivity index (χ1n) is 11.7. The molecule has 6 rings (SSSR count). The summed E-state index contributed by atoms with van der Waals surface area (Å²) in [5.41, 5.74) is 4.52. The number of nitrogens with one attached hydrogen (secondary N) is 1. The number of amides is 2. The van der Waals surface area contributed by atoms with Gasteiger partial charge in [0.2, 0.25) is 11.8 Å². The number of halogens is 2. The van der Waals surface area contributed by atoms with Gasteiger partial charge in [-0.3, -0.25) is 9.59 Å². The van der Waals surface area contributed by atoms with Gasteiger partial charge in [-0.05, 0) is 47.4 Å². The topological polar surface area (TPSA) is 56.4 Å². The van der Waals surface area contributed by atoms with Gasteiger partial charge < -0.3 is 14.8 Å². The Bertz CT molecular complexity index is 1470. The van der Waals surface area contributed by atoms with Crippen LogP contribution in [0.4, 0.5) is 4.39 Å². The number of fused-ring (bicyclic) bond motifs is 4. The lowest BCUT2D eigenvalue weighted by atomic mass is 9.86. The van der Waals surface area contributed by atoms with Crippen molar-refractivity contribution in [1.29, 1.82) is 0 Å². The zero-order valence-electron chi connectivity index (χ0n) is 18.9. The molecular weight excluding hydrogens is 509 g/mol. The molecule has 1 fully saturated rings. The molecule has 0 radical (unpaired) electrons. The van der Waals surface area contributed by atoms with Crippen molar-refractivity contribution in [3.8, 4) is 0 Å². The van der Waals surface area contributed by atoms with Gasteiger partial charge in [0.1, 0.15) is 11.9 Å². The molecule has 2 atom stereocenters. The first-order valence-corrected chi connectivity index (χ1v) is 12.5. The third-order valence-electron chi connectivity index (χ3n) is 7.12. The van der Waals surface area contributed by atoms with Crippen LogP contribution in [-0.2, 0) is 22.4 Å². The first kappa shape index (κ1) is 22.0. The number of piperazine rings is 1. The van der Waals surface area contributed by atoms with Crippen LogP contribution in [0, 0.1) is 5.82 Å². The van der Waals surface area contributed by atoms with Crippen molar-refractivity contribution in [1.82, 2.24) is 14.8 Å². The van der Waals surface area contributed by atoms with E-state index in [9.17, 15) is 14.0 Å². The van der Waals surface area contributed by atoms with E-state index in [-0.39, 0.29) is 30.2 Å². The van der Waals surface area contributed by atoms with Gasteiger partial charge >= 0.3 is 0 Å². The number of benzene rings is 3. The summed E-state index contributed by atoms with van der Waals surface area (Å²) in [6.07, 6.45) is 0.816. The minimum absolute atomic E-state index is 0.0101. The smallest absolute Gasteiger partial charge is 0.246 e. The van der Waals surface area contributed by atoms with E-state index >= 15 is 0 Å². The third-order valence-corrected chi connectivity index (χ3v) is 7.61. The van der Waals surface area contributed by atoms with Crippen LogP contribution in [0.2, 0.25) is 0 Å². The number of nitrogens with zero attached hydrogens (tertiary/aromatic N) is 2. The van der Waals surface area contributed by atoms with Crippen molar-refractivity contribution in [3.05, 3.63) is 105 Å². The van der Waals surface area contributed by atoms with Crippen molar-refractivity contribution >= 4 is 38.6 Å². The first-order chi connectivity index (χ1) is 17.0. The Morgan fingerprint density at radius 2 is 1.80 bits per heavy atom. The Hall–Kier alpha value is -3.45. The van der Waals surface area contributed by atoms with Gasteiger partial charge in [-0.15, -0.1) is 0 Å². The fourth-order valence-electron chi connectivity index (χ4n) is 5.49. The lowest BCUT2D eigenvalue weighted by Crippen LogP contribution is -2.63. The summed E-state index contributed by atoms with van der Waals surface area (Å²) in [6.45, 7) is 0.294. The van der Waals surface area contributed by atoms with Crippen LogP contribution in [0.1, 0.15) is 28.4 Å². The highest BCUT2D eigenvalue weighted by Gasteiger charge is 2.48. The molecule has 35 heavy (non-hydrogen) atoms. The zero-order chi connectivity index (χ0) is 24.1. The maximum absolute atomic E-state index is 14.2. The fourth-order valence-corrected chi connectivity index (χ4v) is 5.91. The molecule has 2 aliphatic heterocycles. The molecular formula is C28H23BrFN3O2. The molecule has 0 bridgehead atoms. The van der Waals surface area contributed by atoms with Crippen molar-refractivity contribution in [2.75, 3.05) is 13.1 Å². The average molecular weight is 532 g/mol. The van der Waals surface area contributed by atoms with Gasteiger partial charge in [0.05, 0.1) is 12.6 Å². The van der Waals surface area contributed by atoms with E-state index < -0.39 is 6.04 Å². The Morgan fingerprint density at radius 3 is 2.63 bits per heavy atom. The molecule has 2 amide bonds. The zero-order valence-corrected chi connectivity index (χ0v) is 20.5. The van der Waals surface area contributed by atoms with E-state index in [1.807, 2.05) is 42.5 Å². The largest absolute Gasteiger partial charge is 0.356 e. The quantitative estimate of drug-likeness (QED) is 0.403. The molecule has 4 aromatic rings. The monoisotopic (exact) mass is 531 g/mol. The van der Waals surface area contributed by atoms with Crippen LogP contribution in [0.3, 0.4) is 0 Å². The number of hydrogen-bond acceptors (Lipinski definition) is 2. The van der Waals surface area contributed by atoms with E-state index in [0.29, 0.717) is 24.9 Å². The Kier molecular flexibility index (Phi) is 5.44. The fraction of sp³-hybridized carbons (Fsp3) is 0.214. The predicted molar refractivity (Wildman–Crippen MR) is 135 cm³/mol. The maximum atomic E-state index is 14.2. The molecule has 0 aliphatic carbocycles. The Morgan fingerprint density at radius 1 is 1.00 bits per heavy atom. The van der Waals surface area contributed by atoms with E-state index in [1.165, 1.54) is 6.07 Å². The molecule has 1 N–H and O–H groups in total. The highest BCUT2D eigenvalue weighted by molar-refractivity contribution is 9.10. The minimum atomic E-state index is -0.604. The predicted octanol–water partition coefficient (Wildman–Crippen LogP) is 5.00. The SMILES string of the molecule is O=C1[C@@H]2Cc3c([nH]c4ccccc34)[C@H](c3cccc(Br)c3)N2C(=O)CN1CCc1ccccc1F. The number of para-hydroxylation sites is 1. The minimum Gasteiger partial charge on any atom is -0.356 e. The standard InChI is InChI=1S/C28H23BrFN3O2/c29-19-8-5-7-18(14-19)27-26-21(20-9-2-4-11-23(20)31-26)15-24-28(35)32(16-25(34)33(24)27)13-12-17-6-1-3-10-22(17)30/h1-11,14,24,27,31H,12-13,15-16H2/t24-,27-/m0/s1. The Balaban J connectivity index is 1.40. The summed E-state index contributed by atoms with van der Waals surface area (Å²) in [5.74, 6) is -0.477. The van der Waals surface area contributed by atoms with Gasteiger partial charge in [-0.1, -0.05) is 64.5 Å². The second-order valence-corrected chi connectivity index (χ2v) is 10.1. The summed E-state index contributed by atoms with van der Waals surface area (Å²) >= 11 is 3.56. The molecule has 0 saturated carbocycles. The number of rotatable bonds is 4. The molecule has 2 aliphatic rings. The molecule has 0 unspecified atom stereocenters. The lowest BCUT2D eigenvalue weighted by molar-refractivity contribution is -0.158. The molecule has 5 nitrogen and oxygen atoms in total.